The molecule has 2 atom stereocenters. The van der Waals surface area contributed by atoms with E-state index in [4.69, 9.17) is 14.5 Å². The highest BCUT2D eigenvalue weighted by Crippen LogP contribution is 2.44. The smallest absolute Gasteiger partial charge is 0.155 e. The van der Waals surface area contributed by atoms with Gasteiger partial charge in [0.15, 0.2) is 5.65 Å². The van der Waals surface area contributed by atoms with E-state index in [9.17, 15) is 0 Å². The van der Waals surface area contributed by atoms with Gasteiger partial charge in [-0.3, -0.25) is 4.90 Å². The van der Waals surface area contributed by atoms with Gasteiger partial charge in [-0.1, -0.05) is 20.8 Å². The third-order valence-electron chi connectivity index (χ3n) is 5.73. The van der Waals surface area contributed by atoms with Crippen LogP contribution in [-0.4, -0.2) is 25.5 Å². The van der Waals surface area contributed by atoms with Crippen molar-refractivity contribution >= 4 is 5.65 Å². The molecule has 130 valence electrons. The lowest BCUT2D eigenvalue weighted by molar-refractivity contribution is 0.152. The van der Waals surface area contributed by atoms with Crippen molar-refractivity contribution in [2.45, 2.75) is 64.1 Å². The van der Waals surface area contributed by atoms with Crippen LogP contribution in [0.25, 0.3) is 5.65 Å². The van der Waals surface area contributed by atoms with E-state index in [1.165, 1.54) is 24.1 Å². The van der Waals surface area contributed by atoms with E-state index in [1.54, 1.807) is 6.26 Å². The fourth-order valence-electron chi connectivity index (χ4n) is 4.38. The van der Waals surface area contributed by atoms with Crippen LogP contribution in [-0.2, 0) is 18.4 Å². The van der Waals surface area contributed by atoms with E-state index in [0.717, 1.165) is 30.1 Å². The lowest BCUT2D eigenvalue weighted by atomic mass is 9.93. The summed E-state index contributed by atoms with van der Waals surface area (Å²) in [5, 5.41) is 4.91. The standard InChI is InChI=1S/C20H24N4O/c1-20(2,3)18-10-19-21-11-15-16-7-6-13(9-17(15)24(19)22-18)23(16)12-14-5-4-8-25-14/h4-5,8,10-11,13,16H,6-7,9,12H2,1-3H3/t13-,16-/m0/s1. The molecule has 25 heavy (non-hydrogen) atoms. The topological polar surface area (TPSA) is 46.6 Å². The van der Waals surface area contributed by atoms with Crippen LogP contribution in [0, 0.1) is 0 Å². The number of fused-ring (bicyclic) bond motifs is 6. The van der Waals surface area contributed by atoms with Crippen molar-refractivity contribution in [3.63, 3.8) is 0 Å². The van der Waals surface area contributed by atoms with Crippen molar-refractivity contribution in [3.8, 4) is 0 Å². The van der Waals surface area contributed by atoms with Crippen molar-refractivity contribution in [1.82, 2.24) is 19.5 Å². The maximum atomic E-state index is 5.58. The fourth-order valence-corrected chi connectivity index (χ4v) is 4.38. The molecule has 5 heteroatoms. The van der Waals surface area contributed by atoms with Crippen LogP contribution in [0.2, 0.25) is 0 Å². The van der Waals surface area contributed by atoms with Crippen molar-refractivity contribution in [2.24, 2.45) is 0 Å². The Kier molecular flexibility index (Phi) is 3.14. The van der Waals surface area contributed by atoms with Gasteiger partial charge in [0.2, 0.25) is 0 Å². The summed E-state index contributed by atoms with van der Waals surface area (Å²) in [4.78, 5) is 7.31. The molecule has 2 aliphatic rings. The highest BCUT2D eigenvalue weighted by Gasteiger charge is 2.41. The van der Waals surface area contributed by atoms with E-state index in [2.05, 4.69) is 48.5 Å². The molecule has 0 radical (unpaired) electrons. The van der Waals surface area contributed by atoms with E-state index in [-0.39, 0.29) is 5.41 Å². The Morgan fingerprint density at radius 2 is 2.16 bits per heavy atom. The predicted octanol–water partition coefficient (Wildman–Crippen LogP) is 3.88. The molecule has 0 aliphatic carbocycles. The molecule has 2 bridgehead atoms. The summed E-state index contributed by atoms with van der Waals surface area (Å²) < 4.78 is 7.69. The molecule has 5 nitrogen and oxygen atoms in total. The number of furan rings is 1. The largest absolute Gasteiger partial charge is 0.468 e. The number of aromatic nitrogens is 3. The first-order chi connectivity index (χ1) is 12.0. The first-order valence-electron chi connectivity index (χ1n) is 9.17. The summed E-state index contributed by atoms with van der Waals surface area (Å²) in [7, 11) is 0. The summed E-state index contributed by atoms with van der Waals surface area (Å²) >= 11 is 0. The lowest BCUT2D eigenvalue weighted by Crippen LogP contribution is -2.38. The third kappa shape index (κ3) is 2.33. The van der Waals surface area contributed by atoms with Crippen LogP contribution in [0.3, 0.4) is 0 Å². The predicted molar refractivity (Wildman–Crippen MR) is 95.4 cm³/mol. The second-order valence-corrected chi connectivity index (χ2v) is 8.41. The summed E-state index contributed by atoms with van der Waals surface area (Å²) in [5.74, 6) is 1.04. The van der Waals surface area contributed by atoms with Gasteiger partial charge in [0.25, 0.3) is 0 Å². The average Bonchev–Trinajstić information content (AvgIpc) is 3.27. The van der Waals surface area contributed by atoms with Crippen molar-refractivity contribution in [2.75, 3.05) is 0 Å². The van der Waals surface area contributed by atoms with Crippen LogP contribution in [0.15, 0.2) is 35.1 Å². The molecule has 0 saturated carbocycles. The van der Waals surface area contributed by atoms with Crippen molar-refractivity contribution < 1.29 is 4.42 Å². The Bertz CT molecular complexity index is 919. The summed E-state index contributed by atoms with van der Waals surface area (Å²) in [6, 6.07) is 7.17. The normalized spacial score (nSPS) is 23.3. The monoisotopic (exact) mass is 336 g/mol. The molecule has 0 unspecified atom stereocenters. The maximum Gasteiger partial charge on any atom is 0.155 e. The second kappa shape index (κ2) is 5.18. The first-order valence-corrected chi connectivity index (χ1v) is 9.17. The quantitative estimate of drug-likeness (QED) is 0.712. The molecule has 0 aromatic carbocycles. The molecule has 5 heterocycles. The van der Waals surface area contributed by atoms with Gasteiger partial charge in [0.05, 0.1) is 24.2 Å². The van der Waals surface area contributed by atoms with Crippen LogP contribution in [0.1, 0.15) is 62.4 Å². The molecular formula is C20H24N4O. The Balaban J connectivity index is 1.57. The summed E-state index contributed by atoms with van der Waals surface area (Å²) in [6.07, 6.45) is 7.31. The Labute approximate surface area is 147 Å². The zero-order valence-corrected chi connectivity index (χ0v) is 15.1. The molecule has 5 rings (SSSR count). The molecule has 3 aromatic rings. The number of nitrogens with zero attached hydrogens (tertiary/aromatic N) is 4. The Morgan fingerprint density at radius 1 is 1.28 bits per heavy atom. The fraction of sp³-hybridized carbons (Fsp3) is 0.500. The van der Waals surface area contributed by atoms with Gasteiger partial charge in [0, 0.05) is 41.7 Å². The number of hydrogen-bond donors (Lipinski definition) is 0. The van der Waals surface area contributed by atoms with Gasteiger partial charge >= 0.3 is 0 Å². The molecule has 0 amide bonds. The second-order valence-electron chi connectivity index (χ2n) is 8.41. The molecule has 2 aliphatic heterocycles. The Morgan fingerprint density at radius 3 is 2.92 bits per heavy atom. The molecule has 1 saturated heterocycles. The summed E-state index contributed by atoms with van der Waals surface area (Å²) in [5.41, 5.74) is 4.82. The van der Waals surface area contributed by atoms with Gasteiger partial charge in [-0.15, -0.1) is 0 Å². The highest BCUT2D eigenvalue weighted by molar-refractivity contribution is 5.45. The van der Waals surface area contributed by atoms with Gasteiger partial charge in [0.1, 0.15) is 5.76 Å². The Hall–Kier alpha value is -2.14. The van der Waals surface area contributed by atoms with E-state index >= 15 is 0 Å². The van der Waals surface area contributed by atoms with Crippen LogP contribution >= 0.6 is 0 Å². The minimum Gasteiger partial charge on any atom is -0.468 e. The zero-order valence-electron chi connectivity index (χ0n) is 15.1. The third-order valence-corrected chi connectivity index (χ3v) is 5.73. The maximum absolute atomic E-state index is 5.58. The molecule has 0 spiro atoms. The van der Waals surface area contributed by atoms with E-state index < -0.39 is 0 Å². The highest BCUT2D eigenvalue weighted by atomic mass is 16.3. The van der Waals surface area contributed by atoms with Crippen LogP contribution in [0.4, 0.5) is 0 Å². The van der Waals surface area contributed by atoms with Gasteiger partial charge < -0.3 is 4.42 Å². The van der Waals surface area contributed by atoms with Crippen molar-refractivity contribution in [1.29, 1.82) is 0 Å². The van der Waals surface area contributed by atoms with Crippen LogP contribution in [0.5, 0.6) is 0 Å². The summed E-state index contributed by atoms with van der Waals surface area (Å²) in [6.45, 7) is 7.49. The molecule has 1 fully saturated rings. The van der Waals surface area contributed by atoms with Gasteiger partial charge in [-0.05, 0) is 25.0 Å². The van der Waals surface area contributed by atoms with Gasteiger partial charge in [-0.25, -0.2) is 9.50 Å². The minimum absolute atomic E-state index is 0.0412. The first kappa shape index (κ1) is 15.1. The van der Waals surface area contributed by atoms with Crippen LogP contribution < -0.4 is 0 Å². The molecular weight excluding hydrogens is 312 g/mol. The van der Waals surface area contributed by atoms with Gasteiger partial charge in [-0.2, -0.15) is 5.10 Å². The van der Waals surface area contributed by atoms with Crippen molar-refractivity contribution in [3.05, 3.63) is 53.4 Å². The average molecular weight is 336 g/mol. The SMILES string of the molecule is CC(C)(C)c1cc2ncc3c(n2n1)C[C@@H]1CC[C@@H]3N1Cc1ccco1. The van der Waals surface area contributed by atoms with E-state index in [0.29, 0.717) is 12.1 Å². The number of hydrogen-bond acceptors (Lipinski definition) is 4. The van der Waals surface area contributed by atoms with E-state index in [1.807, 2.05) is 6.07 Å². The number of rotatable bonds is 2. The minimum atomic E-state index is 0.0412. The zero-order chi connectivity index (χ0) is 17.2. The molecule has 3 aromatic heterocycles. The lowest BCUT2D eigenvalue weighted by Gasteiger charge is -2.35. The molecule has 0 N–H and O–H groups in total.